The van der Waals surface area contributed by atoms with E-state index in [0.717, 1.165) is 38.0 Å². The van der Waals surface area contributed by atoms with E-state index in [4.69, 9.17) is 0 Å². The van der Waals surface area contributed by atoms with Crippen LogP contribution in [0.2, 0.25) is 0 Å². The van der Waals surface area contributed by atoms with E-state index in [1.54, 1.807) is 0 Å². The average molecular weight is 333 g/mol. The van der Waals surface area contributed by atoms with Crippen molar-refractivity contribution < 1.29 is 0 Å². The van der Waals surface area contributed by atoms with E-state index in [-0.39, 0.29) is 0 Å². The minimum Gasteiger partial charge on any atom is -0.309 e. The molecule has 0 fully saturated rings. The number of para-hydroxylation sites is 3. The van der Waals surface area contributed by atoms with Gasteiger partial charge in [0.1, 0.15) is 0 Å². The van der Waals surface area contributed by atoms with Crippen LogP contribution < -0.4 is 4.90 Å². The zero-order valence-electron chi connectivity index (χ0n) is 12.3. The second kappa shape index (κ2) is 5.84. The van der Waals surface area contributed by atoms with Crippen molar-refractivity contribution in [3.8, 4) is 0 Å². The zero-order valence-corrected chi connectivity index (χ0v) is 14.1. The van der Waals surface area contributed by atoms with Crippen molar-refractivity contribution in [2.75, 3.05) is 4.90 Å². The summed E-state index contributed by atoms with van der Waals surface area (Å²) in [5.41, 5.74) is 6.81. The molecule has 0 N–H and O–H groups in total. The molecule has 0 aromatic heterocycles. The van der Waals surface area contributed by atoms with E-state index >= 15 is 0 Å². The lowest BCUT2D eigenvalue weighted by Gasteiger charge is -2.35. The molecule has 0 amide bonds. The third kappa shape index (κ3) is 2.37. The predicted molar refractivity (Wildman–Crippen MR) is 105 cm³/mol. The molecule has 0 spiro atoms. The lowest BCUT2D eigenvalue weighted by atomic mass is 9.91. The molecule has 1 nitrogen and oxygen atoms in total. The van der Waals surface area contributed by atoms with Crippen LogP contribution >= 0.6 is 25.3 Å². The molecule has 0 bridgehead atoms. The minimum absolute atomic E-state index is 0.734. The molecule has 1 heterocycles. The summed E-state index contributed by atoms with van der Waals surface area (Å²) < 4.78 is 0.734. The highest BCUT2D eigenvalue weighted by atomic mass is 32.2. The van der Waals surface area contributed by atoms with Crippen LogP contribution in [0.3, 0.4) is 0 Å². The molecular weight excluding hydrogens is 318 g/mol. The smallest absolute Gasteiger partial charge is 0.0541 e. The highest BCUT2D eigenvalue weighted by Crippen LogP contribution is 2.50. The van der Waals surface area contributed by atoms with Gasteiger partial charge in [0.2, 0.25) is 0 Å². The molecule has 0 unspecified atom stereocenters. The van der Waals surface area contributed by atoms with Gasteiger partial charge in [-0.2, -0.15) is 0 Å². The summed E-state index contributed by atoms with van der Waals surface area (Å²) in [4.78, 5) is 2.29. The van der Waals surface area contributed by atoms with Gasteiger partial charge >= 0.3 is 0 Å². The summed E-state index contributed by atoms with van der Waals surface area (Å²) in [7, 11) is 0. The Morgan fingerprint density at radius 3 is 1.61 bits per heavy atom. The van der Waals surface area contributed by atoms with Crippen LogP contribution in [0.15, 0.2) is 83.1 Å². The van der Waals surface area contributed by atoms with Crippen molar-refractivity contribution in [2.24, 2.45) is 0 Å². The first kappa shape index (κ1) is 14.5. The van der Waals surface area contributed by atoms with Crippen LogP contribution in [0, 0.1) is 0 Å². The van der Waals surface area contributed by atoms with Gasteiger partial charge in [-0.25, -0.2) is 0 Å². The summed E-state index contributed by atoms with van der Waals surface area (Å²) in [5.74, 6) is 0. The number of benzene rings is 3. The molecule has 0 radical (unpaired) electrons. The monoisotopic (exact) mass is 333 g/mol. The van der Waals surface area contributed by atoms with Gasteiger partial charge in [-0.3, -0.25) is 0 Å². The molecule has 3 aromatic carbocycles. The van der Waals surface area contributed by atoms with Gasteiger partial charge in [-0.05, 0) is 24.3 Å². The maximum absolute atomic E-state index is 4.53. The average Bonchev–Trinajstić information content (AvgIpc) is 2.59. The van der Waals surface area contributed by atoms with Gasteiger partial charge in [-0.1, -0.05) is 54.6 Å². The summed E-state index contributed by atoms with van der Waals surface area (Å²) >= 11 is 9.07. The highest BCUT2D eigenvalue weighted by molar-refractivity contribution is 8.05. The summed E-state index contributed by atoms with van der Waals surface area (Å²) in [6.07, 6.45) is 0. The molecular formula is C20H15NS2. The first-order valence-electron chi connectivity index (χ1n) is 7.43. The molecule has 1 aliphatic rings. The largest absolute Gasteiger partial charge is 0.309 e. The summed E-state index contributed by atoms with van der Waals surface area (Å²) in [5, 5.41) is 0. The lowest BCUT2D eigenvalue weighted by Crippen LogP contribution is -2.18. The Bertz CT molecular complexity index is 847. The number of thiol groups is 2. The molecule has 4 rings (SSSR count). The van der Waals surface area contributed by atoms with Crippen molar-refractivity contribution in [3.05, 3.63) is 94.2 Å². The maximum Gasteiger partial charge on any atom is 0.0541 e. The van der Waals surface area contributed by atoms with E-state index in [1.807, 2.05) is 6.07 Å². The third-order valence-electron chi connectivity index (χ3n) is 4.07. The second-order valence-electron chi connectivity index (χ2n) is 5.40. The quantitative estimate of drug-likeness (QED) is 0.401. The fourth-order valence-corrected chi connectivity index (χ4v) is 3.61. The Kier molecular flexibility index (Phi) is 3.68. The van der Waals surface area contributed by atoms with E-state index in [0.29, 0.717) is 0 Å². The Morgan fingerprint density at radius 2 is 1.09 bits per heavy atom. The molecule has 0 saturated heterocycles. The molecule has 0 atom stereocenters. The normalized spacial score (nSPS) is 12.6. The van der Waals surface area contributed by atoms with Crippen molar-refractivity contribution in [3.63, 3.8) is 0 Å². The summed E-state index contributed by atoms with van der Waals surface area (Å²) in [6.45, 7) is 0. The topological polar surface area (TPSA) is 3.24 Å². The zero-order chi connectivity index (χ0) is 15.8. The fourth-order valence-electron chi connectivity index (χ4n) is 3.13. The molecule has 0 aliphatic carbocycles. The highest BCUT2D eigenvalue weighted by Gasteiger charge is 2.27. The van der Waals surface area contributed by atoms with Crippen molar-refractivity contribution >= 4 is 47.9 Å². The lowest BCUT2D eigenvalue weighted by molar-refractivity contribution is 1.24. The Labute approximate surface area is 147 Å². The van der Waals surface area contributed by atoms with Crippen molar-refractivity contribution in [2.45, 2.75) is 0 Å². The SMILES string of the molecule is SC(S)=C1c2ccccc2N(c2ccccc2)c2ccccc21. The molecule has 1 aliphatic heterocycles. The molecule has 3 heteroatoms. The second-order valence-corrected chi connectivity index (χ2v) is 6.65. The Hall–Kier alpha value is -2.10. The van der Waals surface area contributed by atoms with E-state index < -0.39 is 0 Å². The van der Waals surface area contributed by atoms with Crippen molar-refractivity contribution in [1.82, 2.24) is 0 Å². The first-order valence-corrected chi connectivity index (χ1v) is 8.33. The van der Waals surface area contributed by atoms with Crippen LogP contribution in [0.1, 0.15) is 11.1 Å². The fraction of sp³-hybridized carbons (Fsp3) is 0. The van der Waals surface area contributed by atoms with Gasteiger partial charge in [-0.15, -0.1) is 25.3 Å². The van der Waals surface area contributed by atoms with Gasteiger partial charge in [0, 0.05) is 26.6 Å². The van der Waals surface area contributed by atoms with E-state index in [1.165, 1.54) is 0 Å². The van der Waals surface area contributed by atoms with Crippen LogP contribution in [0.4, 0.5) is 17.1 Å². The Morgan fingerprint density at radius 1 is 0.609 bits per heavy atom. The van der Waals surface area contributed by atoms with Gasteiger partial charge in [0.25, 0.3) is 0 Å². The Balaban J connectivity index is 2.07. The number of fused-ring (bicyclic) bond motifs is 2. The molecule has 0 saturated carbocycles. The van der Waals surface area contributed by atoms with Gasteiger partial charge in [0.05, 0.1) is 11.4 Å². The molecule has 23 heavy (non-hydrogen) atoms. The first-order chi connectivity index (χ1) is 11.3. The van der Waals surface area contributed by atoms with Gasteiger partial charge in [0.15, 0.2) is 0 Å². The number of hydrogen-bond donors (Lipinski definition) is 2. The molecule has 3 aromatic rings. The van der Waals surface area contributed by atoms with E-state index in [9.17, 15) is 0 Å². The number of nitrogens with zero attached hydrogens (tertiary/aromatic N) is 1. The number of anilines is 3. The maximum atomic E-state index is 4.53. The summed E-state index contributed by atoms with van der Waals surface area (Å²) in [6, 6.07) is 27.2. The molecule has 112 valence electrons. The predicted octanol–water partition coefficient (Wildman–Crippen LogP) is 6.05. The van der Waals surface area contributed by atoms with Crippen LogP contribution in [-0.4, -0.2) is 0 Å². The number of rotatable bonds is 1. The van der Waals surface area contributed by atoms with E-state index in [2.05, 4.69) is 103 Å². The number of hydrogen-bond acceptors (Lipinski definition) is 3. The minimum atomic E-state index is 0.734. The third-order valence-corrected chi connectivity index (χ3v) is 4.51. The standard InChI is InChI=1S/C20H15NS2/c22-20(23)19-15-10-4-6-12-17(15)21(14-8-2-1-3-9-14)18-13-7-5-11-16(18)19/h1-13,22-23H. The van der Waals surface area contributed by atoms with Crippen LogP contribution in [0.5, 0.6) is 0 Å². The van der Waals surface area contributed by atoms with Gasteiger partial charge < -0.3 is 4.90 Å². The van der Waals surface area contributed by atoms with Crippen LogP contribution in [0.25, 0.3) is 5.57 Å². The van der Waals surface area contributed by atoms with Crippen molar-refractivity contribution in [1.29, 1.82) is 0 Å². The van der Waals surface area contributed by atoms with Crippen LogP contribution in [-0.2, 0) is 0 Å².